The van der Waals surface area contributed by atoms with Crippen LogP contribution in [0.5, 0.6) is 11.5 Å². The Morgan fingerprint density at radius 2 is 1.78 bits per heavy atom. The van der Waals surface area contributed by atoms with E-state index < -0.39 is 17.9 Å². The molecule has 2 aromatic carbocycles. The lowest BCUT2D eigenvalue weighted by Gasteiger charge is -2.14. The van der Waals surface area contributed by atoms with Gasteiger partial charge in [-0.05, 0) is 32.0 Å². The van der Waals surface area contributed by atoms with Gasteiger partial charge in [0, 0.05) is 11.3 Å². The molecule has 0 saturated heterocycles. The zero-order chi connectivity index (χ0) is 19.8. The number of esters is 1. The fraction of sp³-hybridized carbons (Fsp3) is 0.200. The highest BCUT2D eigenvalue weighted by Crippen LogP contribution is 2.28. The van der Waals surface area contributed by atoms with Gasteiger partial charge in [0.25, 0.3) is 0 Å². The van der Waals surface area contributed by atoms with Gasteiger partial charge in [-0.15, -0.1) is 0 Å². The molecule has 7 heteroatoms. The fourth-order valence-electron chi connectivity index (χ4n) is 2.37. The van der Waals surface area contributed by atoms with E-state index in [1.165, 1.54) is 32.2 Å². The minimum absolute atomic E-state index is 0.0334. The SMILES string of the molecule is CCOC(=O)/C(=C(\C)NC(=O)Oc1ccccc1)c1cccc(OC)c1F. The molecule has 1 N–H and O–H groups in total. The van der Waals surface area contributed by atoms with Gasteiger partial charge >= 0.3 is 12.1 Å². The van der Waals surface area contributed by atoms with Crippen LogP contribution in [0.2, 0.25) is 0 Å². The predicted molar refractivity (Wildman–Crippen MR) is 97.8 cm³/mol. The van der Waals surface area contributed by atoms with Crippen molar-refractivity contribution >= 4 is 17.6 Å². The quantitative estimate of drug-likeness (QED) is 0.614. The van der Waals surface area contributed by atoms with Crippen molar-refractivity contribution in [2.45, 2.75) is 13.8 Å². The van der Waals surface area contributed by atoms with Crippen molar-refractivity contribution in [2.75, 3.05) is 13.7 Å². The summed E-state index contributed by atoms with van der Waals surface area (Å²) in [6.45, 7) is 3.18. The molecule has 0 fully saturated rings. The molecule has 0 radical (unpaired) electrons. The van der Waals surface area contributed by atoms with Crippen molar-refractivity contribution in [3.63, 3.8) is 0 Å². The van der Waals surface area contributed by atoms with Crippen LogP contribution in [0.3, 0.4) is 0 Å². The third kappa shape index (κ3) is 5.07. The van der Waals surface area contributed by atoms with Crippen molar-refractivity contribution in [1.29, 1.82) is 0 Å². The number of nitrogens with one attached hydrogen (secondary N) is 1. The van der Waals surface area contributed by atoms with Crippen LogP contribution in [0.15, 0.2) is 54.2 Å². The van der Waals surface area contributed by atoms with Gasteiger partial charge in [0.15, 0.2) is 11.6 Å². The topological polar surface area (TPSA) is 73.9 Å². The molecule has 0 unspecified atom stereocenters. The van der Waals surface area contributed by atoms with E-state index in [1.807, 2.05) is 0 Å². The molecule has 0 bridgehead atoms. The number of para-hydroxylation sites is 1. The second-order valence-corrected chi connectivity index (χ2v) is 5.37. The van der Waals surface area contributed by atoms with Gasteiger partial charge in [0.1, 0.15) is 5.75 Å². The minimum atomic E-state index is -0.816. The summed E-state index contributed by atoms with van der Waals surface area (Å²) in [7, 11) is 1.32. The van der Waals surface area contributed by atoms with Crippen LogP contribution in [0.25, 0.3) is 5.57 Å². The zero-order valence-electron chi connectivity index (χ0n) is 15.2. The second-order valence-electron chi connectivity index (χ2n) is 5.37. The summed E-state index contributed by atoms with van der Waals surface area (Å²) in [5.74, 6) is -1.22. The second kappa shape index (κ2) is 9.38. The highest BCUT2D eigenvalue weighted by molar-refractivity contribution is 6.17. The first kappa shape index (κ1) is 20.0. The van der Waals surface area contributed by atoms with E-state index >= 15 is 0 Å². The fourth-order valence-corrected chi connectivity index (χ4v) is 2.37. The van der Waals surface area contributed by atoms with Crippen molar-refractivity contribution < 1.29 is 28.2 Å². The van der Waals surface area contributed by atoms with Gasteiger partial charge in [-0.1, -0.05) is 30.3 Å². The maximum absolute atomic E-state index is 14.7. The Labute approximate surface area is 156 Å². The third-order valence-corrected chi connectivity index (χ3v) is 3.55. The van der Waals surface area contributed by atoms with E-state index in [2.05, 4.69) is 5.32 Å². The van der Waals surface area contributed by atoms with Crippen LogP contribution in [0.1, 0.15) is 19.4 Å². The molecule has 142 valence electrons. The molecule has 27 heavy (non-hydrogen) atoms. The van der Waals surface area contributed by atoms with Crippen LogP contribution in [0, 0.1) is 5.82 Å². The lowest BCUT2D eigenvalue weighted by molar-refractivity contribution is -0.136. The molecule has 0 spiro atoms. The first-order valence-corrected chi connectivity index (χ1v) is 8.22. The molecule has 0 aliphatic heterocycles. The van der Waals surface area contributed by atoms with Crippen molar-refractivity contribution in [3.8, 4) is 11.5 Å². The summed E-state index contributed by atoms with van der Waals surface area (Å²) in [6.07, 6.45) is -0.816. The number of methoxy groups -OCH3 is 1. The van der Waals surface area contributed by atoms with Crippen molar-refractivity contribution in [3.05, 3.63) is 65.6 Å². The summed E-state index contributed by atoms with van der Waals surface area (Å²) in [5, 5.41) is 2.44. The average molecular weight is 373 g/mol. The van der Waals surface area contributed by atoms with Crippen LogP contribution >= 0.6 is 0 Å². The average Bonchev–Trinajstić information content (AvgIpc) is 2.64. The normalized spacial score (nSPS) is 11.3. The Morgan fingerprint density at radius 3 is 2.41 bits per heavy atom. The number of hydrogen-bond donors (Lipinski definition) is 1. The lowest BCUT2D eigenvalue weighted by Crippen LogP contribution is -2.27. The summed E-state index contributed by atoms with van der Waals surface area (Å²) in [4.78, 5) is 24.5. The summed E-state index contributed by atoms with van der Waals surface area (Å²) >= 11 is 0. The van der Waals surface area contributed by atoms with Crippen LogP contribution in [-0.4, -0.2) is 25.8 Å². The maximum atomic E-state index is 14.7. The van der Waals surface area contributed by atoms with Gasteiger partial charge in [-0.2, -0.15) is 0 Å². The van der Waals surface area contributed by atoms with E-state index in [0.29, 0.717) is 5.75 Å². The van der Waals surface area contributed by atoms with Crippen LogP contribution in [-0.2, 0) is 9.53 Å². The Hall–Kier alpha value is -3.35. The standard InChI is InChI=1S/C20H20FNO5/c1-4-26-19(23)17(15-11-8-12-16(25-3)18(15)21)13(2)22-20(24)27-14-9-6-5-7-10-14/h5-12H,4H2,1-3H3,(H,22,24)/b17-13+. The minimum Gasteiger partial charge on any atom is -0.494 e. The molecular formula is C20H20FNO5. The zero-order valence-corrected chi connectivity index (χ0v) is 15.2. The largest absolute Gasteiger partial charge is 0.494 e. The number of rotatable bonds is 6. The highest BCUT2D eigenvalue weighted by atomic mass is 19.1. The number of amides is 1. The monoisotopic (exact) mass is 373 g/mol. The number of benzene rings is 2. The molecule has 0 aliphatic rings. The predicted octanol–water partition coefficient (Wildman–Crippen LogP) is 3.92. The first-order valence-electron chi connectivity index (χ1n) is 8.22. The number of hydrogen-bond acceptors (Lipinski definition) is 5. The third-order valence-electron chi connectivity index (χ3n) is 3.55. The smallest absolute Gasteiger partial charge is 0.416 e. The van der Waals surface area contributed by atoms with E-state index in [-0.39, 0.29) is 29.2 Å². The first-order chi connectivity index (χ1) is 13.0. The molecule has 0 aromatic heterocycles. The Bertz CT molecular complexity index is 849. The Kier molecular flexibility index (Phi) is 6.93. The molecule has 6 nitrogen and oxygen atoms in total. The molecule has 1 amide bonds. The molecule has 0 saturated carbocycles. The highest BCUT2D eigenvalue weighted by Gasteiger charge is 2.23. The van der Waals surface area contributed by atoms with Crippen LogP contribution in [0.4, 0.5) is 9.18 Å². The molecule has 0 aliphatic carbocycles. The number of halogens is 1. The number of carbonyl (C=O) groups is 2. The van der Waals surface area contributed by atoms with Gasteiger partial charge in [-0.3, -0.25) is 5.32 Å². The maximum Gasteiger partial charge on any atom is 0.416 e. The summed E-state index contributed by atoms with van der Waals surface area (Å²) in [6, 6.07) is 12.8. The van der Waals surface area contributed by atoms with Gasteiger partial charge in [0.2, 0.25) is 0 Å². The molecule has 0 atom stereocenters. The van der Waals surface area contributed by atoms with E-state index in [0.717, 1.165) is 0 Å². The van der Waals surface area contributed by atoms with Gasteiger partial charge in [-0.25, -0.2) is 14.0 Å². The lowest BCUT2D eigenvalue weighted by atomic mass is 10.0. The number of allylic oxidation sites excluding steroid dienone is 1. The summed E-state index contributed by atoms with van der Waals surface area (Å²) < 4.78 is 29.8. The Balaban J connectivity index is 2.37. The van der Waals surface area contributed by atoms with E-state index in [1.54, 1.807) is 37.3 Å². The van der Waals surface area contributed by atoms with Crippen LogP contribution < -0.4 is 14.8 Å². The molecule has 2 aromatic rings. The summed E-state index contributed by atoms with van der Waals surface area (Å²) in [5.41, 5.74) is -0.0925. The number of ether oxygens (including phenoxy) is 3. The van der Waals surface area contributed by atoms with E-state index in [4.69, 9.17) is 14.2 Å². The molecular weight excluding hydrogens is 353 g/mol. The molecule has 2 rings (SSSR count). The molecule has 0 heterocycles. The van der Waals surface area contributed by atoms with E-state index in [9.17, 15) is 14.0 Å². The Morgan fingerprint density at radius 1 is 1.07 bits per heavy atom. The van der Waals surface area contributed by atoms with Crippen molar-refractivity contribution in [1.82, 2.24) is 5.32 Å². The van der Waals surface area contributed by atoms with Gasteiger partial charge in [0.05, 0.1) is 19.3 Å². The van der Waals surface area contributed by atoms with Gasteiger partial charge < -0.3 is 14.2 Å². The number of carbonyl (C=O) groups excluding carboxylic acids is 2. The van der Waals surface area contributed by atoms with Crippen molar-refractivity contribution in [2.24, 2.45) is 0 Å².